The molecule has 0 saturated carbocycles. The van der Waals surface area contributed by atoms with E-state index in [9.17, 15) is 0 Å². The highest BCUT2D eigenvalue weighted by Crippen LogP contribution is 2.27. The van der Waals surface area contributed by atoms with Crippen LogP contribution in [0.4, 0.5) is 0 Å². The average molecular weight is 226 g/mol. The van der Waals surface area contributed by atoms with Crippen molar-refractivity contribution < 1.29 is 0 Å². The van der Waals surface area contributed by atoms with Crippen molar-refractivity contribution in [2.24, 2.45) is 11.7 Å². The van der Waals surface area contributed by atoms with Crippen LogP contribution in [0.5, 0.6) is 0 Å². The molecule has 4 unspecified atom stereocenters. The third kappa shape index (κ3) is 3.21. The molecule has 1 rings (SSSR count). The van der Waals surface area contributed by atoms with E-state index in [4.69, 9.17) is 5.73 Å². The number of rotatable bonds is 5. The fourth-order valence-corrected chi connectivity index (χ4v) is 3.14. The Morgan fingerprint density at radius 1 is 1.31 bits per heavy atom. The Kier molecular flexibility index (Phi) is 5.77. The maximum atomic E-state index is 6.34. The summed E-state index contributed by atoms with van der Waals surface area (Å²) in [5.74, 6) is 0.830. The highest BCUT2D eigenvalue weighted by atomic mass is 15.2. The second-order valence-corrected chi connectivity index (χ2v) is 5.53. The minimum atomic E-state index is 0.364. The summed E-state index contributed by atoms with van der Waals surface area (Å²) >= 11 is 0. The Labute approximate surface area is 102 Å². The van der Waals surface area contributed by atoms with E-state index in [0.717, 1.165) is 12.3 Å². The lowest BCUT2D eigenvalue weighted by Gasteiger charge is -2.44. The first-order valence-electron chi connectivity index (χ1n) is 7.13. The fraction of sp³-hybridized carbons (Fsp3) is 1.00. The summed E-state index contributed by atoms with van der Waals surface area (Å²) in [6.45, 7) is 10.5. The number of hydrogen-bond donors (Lipinski definition) is 1. The molecule has 0 bridgehead atoms. The Morgan fingerprint density at radius 2 is 2.00 bits per heavy atom. The van der Waals surface area contributed by atoms with Crippen molar-refractivity contribution in [2.45, 2.75) is 77.9 Å². The van der Waals surface area contributed by atoms with Gasteiger partial charge in [-0.25, -0.2) is 0 Å². The predicted octanol–water partition coefficient (Wildman–Crippen LogP) is 3.01. The number of hydrogen-bond acceptors (Lipinski definition) is 2. The molecule has 0 aliphatic carbocycles. The molecule has 2 heteroatoms. The molecule has 0 radical (unpaired) electrons. The topological polar surface area (TPSA) is 29.3 Å². The Morgan fingerprint density at radius 3 is 2.56 bits per heavy atom. The van der Waals surface area contributed by atoms with E-state index in [1.165, 1.54) is 32.2 Å². The molecule has 1 fully saturated rings. The fourth-order valence-electron chi connectivity index (χ4n) is 3.14. The van der Waals surface area contributed by atoms with Crippen molar-refractivity contribution in [1.29, 1.82) is 0 Å². The standard InChI is InChI=1S/C14H30N2/c1-5-8-13(15)14(6-2)16-10-7-9-11(3)12(16)4/h11-14H,5-10,15H2,1-4H3. The van der Waals surface area contributed by atoms with Gasteiger partial charge >= 0.3 is 0 Å². The van der Waals surface area contributed by atoms with Crippen LogP contribution < -0.4 is 5.73 Å². The molecule has 16 heavy (non-hydrogen) atoms. The van der Waals surface area contributed by atoms with E-state index in [1.807, 2.05) is 0 Å². The largest absolute Gasteiger partial charge is 0.326 e. The minimum Gasteiger partial charge on any atom is -0.326 e. The van der Waals surface area contributed by atoms with Crippen LogP contribution in [0.25, 0.3) is 0 Å². The van der Waals surface area contributed by atoms with Gasteiger partial charge in [0, 0.05) is 18.1 Å². The van der Waals surface area contributed by atoms with Crippen LogP contribution in [0.2, 0.25) is 0 Å². The summed E-state index contributed by atoms with van der Waals surface area (Å²) in [6, 6.07) is 1.67. The number of piperidine rings is 1. The lowest BCUT2D eigenvalue weighted by Crippen LogP contribution is -2.54. The minimum absolute atomic E-state index is 0.364. The molecule has 1 aliphatic rings. The van der Waals surface area contributed by atoms with E-state index in [0.29, 0.717) is 18.1 Å². The van der Waals surface area contributed by atoms with Crippen molar-refractivity contribution in [2.75, 3.05) is 6.54 Å². The van der Waals surface area contributed by atoms with Gasteiger partial charge in [0.2, 0.25) is 0 Å². The molecule has 0 aromatic rings. The molecular formula is C14H30N2. The van der Waals surface area contributed by atoms with Gasteiger partial charge in [0.05, 0.1) is 0 Å². The van der Waals surface area contributed by atoms with Gasteiger partial charge in [-0.1, -0.05) is 27.2 Å². The summed E-state index contributed by atoms with van der Waals surface area (Å²) in [5, 5.41) is 0. The average Bonchev–Trinajstić information content (AvgIpc) is 2.25. The van der Waals surface area contributed by atoms with E-state index in [1.54, 1.807) is 0 Å². The Balaban J connectivity index is 2.63. The molecule has 2 N–H and O–H groups in total. The van der Waals surface area contributed by atoms with Crippen molar-refractivity contribution in [3.05, 3.63) is 0 Å². The Hall–Kier alpha value is -0.0800. The van der Waals surface area contributed by atoms with Crippen LogP contribution in [0.15, 0.2) is 0 Å². The smallest absolute Gasteiger partial charge is 0.0247 e. The molecule has 1 saturated heterocycles. The van der Waals surface area contributed by atoms with Gasteiger partial charge in [0.1, 0.15) is 0 Å². The zero-order chi connectivity index (χ0) is 12.1. The number of likely N-dealkylation sites (tertiary alicyclic amines) is 1. The van der Waals surface area contributed by atoms with E-state index in [-0.39, 0.29) is 0 Å². The maximum absolute atomic E-state index is 6.34. The third-order valence-corrected chi connectivity index (χ3v) is 4.38. The second kappa shape index (κ2) is 6.61. The van der Waals surface area contributed by atoms with Crippen LogP contribution in [0, 0.1) is 5.92 Å². The lowest BCUT2D eigenvalue weighted by atomic mass is 9.88. The summed E-state index contributed by atoms with van der Waals surface area (Å²) < 4.78 is 0. The van der Waals surface area contributed by atoms with Crippen molar-refractivity contribution in [3.63, 3.8) is 0 Å². The molecular weight excluding hydrogens is 196 g/mol. The first-order valence-corrected chi connectivity index (χ1v) is 7.13. The molecule has 2 nitrogen and oxygen atoms in total. The summed E-state index contributed by atoms with van der Waals surface area (Å²) in [4.78, 5) is 2.68. The van der Waals surface area contributed by atoms with Crippen LogP contribution >= 0.6 is 0 Å². The molecule has 0 aromatic carbocycles. The molecule has 96 valence electrons. The lowest BCUT2D eigenvalue weighted by molar-refractivity contribution is 0.0525. The van der Waals surface area contributed by atoms with Gasteiger partial charge < -0.3 is 5.73 Å². The van der Waals surface area contributed by atoms with Crippen molar-refractivity contribution in [1.82, 2.24) is 4.90 Å². The van der Waals surface area contributed by atoms with Crippen LogP contribution in [0.3, 0.4) is 0 Å². The van der Waals surface area contributed by atoms with E-state index < -0.39 is 0 Å². The first-order chi connectivity index (χ1) is 7.61. The summed E-state index contributed by atoms with van der Waals surface area (Å²) in [5.41, 5.74) is 6.34. The second-order valence-electron chi connectivity index (χ2n) is 5.53. The predicted molar refractivity (Wildman–Crippen MR) is 71.5 cm³/mol. The molecule has 0 aromatic heterocycles. The monoisotopic (exact) mass is 226 g/mol. The normalized spacial score (nSPS) is 31.3. The molecule has 0 spiro atoms. The molecule has 4 atom stereocenters. The highest BCUT2D eigenvalue weighted by molar-refractivity contribution is 4.88. The SMILES string of the molecule is CCCC(N)C(CC)N1CCCC(C)C1C. The number of nitrogens with zero attached hydrogens (tertiary/aromatic N) is 1. The van der Waals surface area contributed by atoms with Crippen molar-refractivity contribution in [3.8, 4) is 0 Å². The third-order valence-electron chi connectivity index (χ3n) is 4.38. The first kappa shape index (κ1) is 14.0. The van der Waals surface area contributed by atoms with Gasteiger partial charge in [-0.05, 0) is 45.1 Å². The highest BCUT2D eigenvalue weighted by Gasteiger charge is 2.31. The number of nitrogens with two attached hydrogens (primary N) is 1. The Bertz CT molecular complexity index is 193. The van der Waals surface area contributed by atoms with Crippen LogP contribution in [-0.2, 0) is 0 Å². The van der Waals surface area contributed by atoms with Gasteiger partial charge in [-0.15, -0.1) is 0 Å². The molecule has 1 aliphatic heterocycles. The van der Waals surface area contributed by atoms with E-state index >= 15 is 0 Å². The van der Waals surface area contributed by atoms with Gasteiger partial charge in [0.15, 0.2) is 0 Å². The summed E-state index contributed by atoms with van der Waals surface area (Å²) in [6.07, 6.45) is 6.29. The maximum Gasteiger partial charge on any atom is 0.0247 e. The van der Waals surface area contributed by atoms with Gasteiger partial charge in [0.25, 0.3) is 0 Å². The van der Waals surface area contributed by atoms with Gasteiger partial charge in [-0.2, -0.15) is 0 Å². The summed E-state index contributed by atoms with van der Waals surface area (Å²) in [7, 11) is 0. The quantitative estimate of drug-likeness (QED) is 0.781. The van der Waals surface area contributed by atoms with Crippen LogP contribution in [0.1, 0.15) is 59.8 Å². The zero-order valence-corrected chi connectivity index (χ0v) is 11.6. The van der Waals surface area contributed by atoms with Crippen molar-refractivity contribution >= 4 is 0 Å². The van der Waals surface area contributed by atoms with Gasteiger partial charge in [-0.3, -0.25) is 4.90 Å². The molecule has 1 heterocycles. The van der Waals surface area contributed by atoms with Crippen LogP contribution in [-0.4, -0.2) is 29.6 Å². The zero-order valence-electron chi connectivity index (χ0n) is 11.6. The van der Waals surface area contributed by atoms with E-state index in [2.05, 4.69) is 32.6 Å². The molecule has 0 amide bonds.